The molecule has 4 nitrogen and oxygen atoms in total. The number of fused-ring (bicyclic) bond motifs is 5. The van der Waals surface area contributed by atoms with Gasteiger partial charge in [0.1, 0.15) is 5.78 Å². The largest absolute Gasteiger partial charge is 0.392 e. The van der Waals surface area contributed by atoms with Gasteiger partial charge in [0.05, 0.1) is 18.2 Å². The van der Waals surface area contributed by atoms with Crippen LogP contribution in [0.25, 0.3) is 0 Å². The van der Waals surface area contributed by atoms with Crippen LogP contribution in [-0.2, 0) is 4.79 Å². The van der Waals surface area contributed by atoms with Gasteiger partial charge in [0.2, 0.25) is 0 Å². The van der Waals surface area contributed by atoms with E-state index in [9.17, 15) is 15.0 Å². The summed E-state index contributed by atoms with van der Waals surface area (Å²) in [4.78, 5) is 12.3. The maximum absolute atomic E-state index is 12.3. The summed E-state index contributed by atoms with van der Waals surface area (Å²) < 4.78 is 0. The van der Waals surface area contributed by atoms with Crippen LogP contribution in [0.5, 0.6) is 0 Å². The number of allylic oxidation sites excluding steroid dienone is 1. The molecular formula is C19H27NO3. The molecule has 0 unspecified atom stereocenters. The Labute approximate surface area is 137 Å². The second kappa shape index (κ2) is 4.78. The first-order valence-electron chi connectivity index (χ1n) is 8.82. The van der Waals surface area contributed by atoms with Gasteiger partial charge in [-0.1, -0.05) is 37.6 Å². The summed E-state index contributed by atoms with van der Waals surface area (Å²) in [5, 5.41) is 20.8. The Bertz CT molecular complexity index is 612. The third-order valence-corrected chi connectivity index (χ3v) is 7.60. The summed E-state index contributed by atoms with van der Waals surface area (Å²) in [5.41, 5.74) is 7.10. The summed E-state index contributed by atoms with van der Waals surface area (Å²) in [6, 6.07) is -0.380. The molecule has 4 heteroatoms. The standard InChI is InChI=1S/C19H27NO3/c1-18-5-3-11(21)7-10(18)8-14(22)16-12(18)4-6-19(2)13(16)9-15(23)17(19)20/h3,5,7,11-14,16-17,21-22H,4,6,8-9,20H2,1-2H3/t11-,12-,13-,14-,16+,17-,18-,19-/m0/s1. The molecule has 3 fully saturated rings. The topological polar surface area (TPSA) is 83.5 Å². The molecule has 0 saturated heterocycles. The minimum atomic E-state index is -0.544. The number of aliphatic hydroxyl groups excluding tert-OH is 2. The zero-order chi connectivity index (χ0) is 16.6. The first kappa shape index (κ1) is 15.6. The first-order valence-corrected chi connectivity index (χ1v) is 8.82. The van der Waals surface area contributed by atoms with Gasteiger partial charge in [-0.2, -0.15) is 0 Å². The highest BCUT2D eigenvalue weighted by atomic mass is 16.3. The van der Waals surface area contributed by atoms with Gasteiger partial charge in [0.25, 0.3) is 0 Å². The molecule has 0 amide bonds. The normalized spacial score (nSPS) is 55.0. The molecule has 4 aliphatic rings. The van der Waals surface area contributed by atoms with Gasteiger partial charge in [0, 0.05) is 11.8 Å². The third kappa shape index (κ3) is 1.92. The van der Waals surface area contributed by atoms with E-state index in [0.29, 0.717) is 18.8 Å². The Kier molecular flexibility index (Phi) is 3.23. The van der Waals surface area contributed by atoms with Crippen molar-refractivity contribution in [2.24, 2.45) is 34.3 Å². The van der Waals surface area contributed by atoms with Gasteiger partial charge in [-0.25, -0.2) is 0 Å². The zero-order valence-electron chi connectivity index (χ0n) is 13.9. The summed E-state index contributed by atoms with van der Waals surface area (Å²) in [6.07, 6.45) is 7.93. The van der Waals surface area contributed by atoms with Crippen molar-refractivity contribution in [3.63, 3.8) is 0 Å². The van der Waals surface area contributed by atoms with Crippen molar-refractivity contribution in [3.8, 4) is 0 Å². The SMILES string of the molecule is C[C@]12CC[C@H]3[C@@H]([C@@H](O)CC4=C[C@@H](O)C=C[C@@]43C)[C@@H]1CC(=O)[C@@H]2N. The van der Waals surface area contributed by atoms with E-state index in [1.54, 1.807) is 0 Å². The molecule has 0 aromatic carbocycles. The predicted octanol–water partition coefficient (Wildman–Crippen LogP) is 1.56. The lowest BCUT2D eigenvalue weighted by molar-refractivity contribution is -0.119. The van der Waals surface area contributed by atoms with Crippen LogP contribution >= 0.6 is 0 Å². The molecule has 23 heavy (non-hydrogen) atoms. The number of ketones is 1. The smallest absolute Gasteiger partial charge is 0.150 e. The van der Waals surface area contributed by atoms with Crippen LogP contribution in [0, 0.1) is 28.6 Å². The molecule has 0 radical (unpaired) electrons. The van der Waals surface area contributed by atoms with E-state index < -0.39 is 12.2 Å². The minimum absolute atomic E-state index is 0.111. The molecule has 8 atom stereocenters. The fraction of sp³-hybridized carbons (Fsp3) is 0.737. The average Bonchev–Trinajstić information content (AvgIpc) is 2.73. The Hall–Kier alpha value is -0.970. The van der Waals surface area contributed by atoms with Gasteiger partial charge < -0.3 is 15.9 Å². The number of carbonyl (C=O) groups excluding carboxylic acids is 1. The van der Waals surface area contributed by atoms with Gasteiger partial charge in [-0.15, -0.1) is 0 Å². The highest BCUT2D eigenvalue weighted by Crippen LogP contribution is 2.63. The van der Waals surface area contributed by atoms with Crippen molar-refractivity contribution in [2.75, 3.05) is 0 Å². The van der Waals surface area contributed by atoms with E-state index in [1.165, 1.54) is 0 Å². The Balaban J connectivity index is 1.75. The second-order valence-electron chi connectivity index (χ2n) is 8.58. The van der Waals surface area contributed by atoms with Gasteiger partial charge in [-0.3, -0.25) is 4.79 Å². The maximum atomic E-state index is 12.3. The molecule has 126 valence electrons. The molecule has 4 rings (SSSR count). The van der Waals surface area contributed by atoms with Crippen LogP contribution in [0.4, 0.5) is 0 Å². The summed E-state index contributed by atoms with van der Waals surface area (Å²) in [6.45, 7) is 4.37. The van der Waals surface area contributed by atoms with Crippen molar-refractivity contribution in [3.05, 3.63) is 23.8 Å². The van der Waals surface area contributed by atoms with Crippen LogP contribution in [0.2, 0.25) is 0 Å². The Morgan fingerprint density at radius 2 is 1.96 bits per heavy atom. The minimum Gasteiger partial charge on any atom is -0.392 e. The molecule has 0 heterocycles. The first-order chi connectivity index (χ1) is 10.8. The molecule has 0 aromatic heterocycles. The van der Waals surface area contributed by atoms with Gasteiger partial charge in [0.15, 0.2) is 0 Å². The van der Waals surface area contributed by atoms with E-state index in [4.69, 9.17) is 5.73 Å². The van der Waals surface area contributed by atoms with Gasteiger partial charge in [-0.05, 0) is 42.4 Å². The molecule has 4 aliphatic carbocycles. The summed E-state index contributed by atoms with van der Waals surface area (Å²) in [7, 11) is 0. The van der Waals surface area contributed by atoms with E-state index >= 15 is 0 Å². The molecule has 0 bridgehead atoms. The van der Waals surface area contributed by atoms with Crippen molar-refractivity contribution in [1.29, 1.82) is 0 Å². The molecule has 0 aliphatic heterocycles. The summed E-state index contributed by atoms with van der Waals surface area (Å²) >= 11 is 0. The number of nitrogens with two attached hydrogens (primary N) is 1. The number of rotatable bonds is 0. The quantitative estimate of drug-likeness (QED) is 0.592. The average molecular weight is 317 g/mol. The monoisotopic (exact) mass is 317 g/mol. The molecule has 3 saturated carbocycles. The fourth-order valence-electron chi connectivity index (χ4n) is 6.13. The molecule has 0 spiro atoms. The van der Waals surface area contributed by atoms with Crippen LogP contribution in [0.1, 0.15) is 39.5 Å². The van der Waals surface area contributed by atoms with Crippen molar-refractivity contribution < 1.29 is 15.0 Å². The van der Waals surface area contributed by atoms with E-state index in [1.807, 2.05) is 12.2 Å². The van der Waals surface area contributed by atoms with E-state index in [2.05, 4.69) is 19.9 Å². The predicted molar refractivity (Wildman–Crippen MR) is 87.4 cm³/mol. The van der Waals surface area contributed by atoms with Crippen molar-refractivity contribution >= 4 is 5.78 Å². The fourth-order valence-corrected chi connectivity index (χ4v) is 6.13. The highest BCUT2D eigenvalue weighted by molar-refractivity contribution is 5.87. The Morgan fingerprint density at radius 3 is 2.70 bits per heavy atom. The van der Waals surface area contributed by atoms with Crippen LogP contribution in [0.3, 0.4) is 0 Å². The number of carbonyl (C=O) groups is 1. The second-order valence-corrected chi connectivity index (χ2v) is 8.58. The lowest BCUT2D eigenvalue weighted by Crippen LogP contribution is -2.56. The third-order valence-electron chi connectivity index (χ3n) is 7.60. The lowest BCUT2D eigenvalue weighted by Gasteiger charge is -2.58. The number of hydrogen-bond donors (Lipinski definition) is 3. The molecule has 0 aromatic rings. The van der Waals surface area contributed by atoms with Crippen molar-refractivity contribution in [2.45, 2.75) is 57.8 Å². The molecule has 4 N–H and O–H groups in total. The summed E-state index contributed by atoms with van der Waals surface area (Å²) in [5.74, 6) is 0.773. The van der Waals surface area contributed by atoms with Crippen molar-refractivity contribution in [1.82, 2.24) is 0 Å². The van der Waals surface area contributed by atoms with Crippen LogP contribution in [0.15, 0.2) is 23.8 Å². The maximum Gasteiger partial charge on any atom is 0.150 e. The van der Waals surface area contributed by atoms with Crippen LogP contribution in [-0.4, -0.2) is 34.2 Å². The highest BCUT2D eigenvalue weighted by Gasteiger charge is 2.62. The number of hydrogen-bond acceptors (Lipinski definition) is 4. The van der Waals surface area contributed by atoms with E-state index in [0.717, 1.165) is 18.4 Å². The Morgan fingerprint density at radius 1 is 1.22 bits per heavy atom. The number of aliphatic hydroxyl groups is 2. The van der Waals surface area contributed by atoms with Gasteiger partial charge >= 0.3 is 0 Å². The van der Waals surface area contributed by atoms with Crippen LogP contribution < -0.4 is 5.73 Å². The lowest BCUT2D eigenvalue weighted by atomic mass is 9.47. The molecular weight excluding hydrogens is 290 g/mol. The zero-order valence-corrected chi connectivity index (χ0v) is 13.9. The van der Waals surface area contributed by atoms with E-state index in [-0.39, 0.29) is 34.5 Å². The number of Topliss-reactive ketones (excluding diaryl/α,β-unsaturated/α-hetero) is 1.